The monoisotopic (exact) mass is 269 g/mol. The molecular weight excluding hydrogens is 252 g/mol. The van der Waals surface area contributed by atoms with Gasteiger partial charge >= 0.3 is 0 Å². The smallest absolute Gasteiger partial charge is 0.257 e. The van der Waals surface area contributed by atoms with Gasteiger partial charge in [0.15, 0.2) is 0 Å². The van der Waals surface area contributed by atoms with Gasteiger partial charge in [0, 0.05) is 30.4 Å². The lowest BCUT2D eigenvalue weighted by Gasteiger charge is -2.11. The molecule has 5 nitrogen and oxygen atoms in total. The highest BCUT2D eigenvalue weighted by Crippen LogP contribution is 2.14. The number of anilines is 1. The van der Waals surface area contributed by atoms with Crippen molar-refractivity contribution in [1.29, 1.82) is 0 Å². The van der Waals surface area contributed by atoms with Crippen molar-refractivity contribution in [2.45, 2.75) is 39.4 Å². The molecule has 2 aromatic heterocycles. The number of nitrogens with zero attached hydrogens (tertiary/aromatic N) is 4. The molecule has 0 saturated heterocycles. The van der Waals surface area contributed by atoms with Crippen molar-refractivity contribution in [1.82, 2.24) is 19.6 Å². The lowest BCUT2D eigenvalue weighted by atomic mass is 10.3. The molecule has 19 heavy (non-hydrogen) atoms. The molecule has 1 N–H and O–H groups in total. The summed E-state index contributed by atoms with van der Waals surface area (Å²) in [6.07, 6.45) is 2.55. The number of hydrogen-bond donors (Lipinski definition) is 1. The molecule has 2 rings (SSSR count). The van der Waals surface area contributed by atoms with E-state index in [1.165, 1.54) is 4.68 Å². The van der Waals surface area contributed by atoms with E-state index in [2.05, 4.69) is 15.5 Å². The molecule has 0 saturated carbocycles. The SMILES string of the molecule is CC(C)n1nccc1NCc1cnn(CC(F)F)c1. The predicted molar refractivity (Wildman–Crippen MR) is 68.2 cm³/mol. The first kappa shape index (κ1) is 13.5. The third kappa shape index (κ3) is 3.52. The van der Waals surface area contributed by atoms with Gasteiger partial charge in [0.2, 0.25) is 0 Å². The number of alkyl halides is 2. The van der Waals surface area contributed by atoms with Crippen LogP contribution in [0.15, 0.2) is 24.7 Å². The van der Waals surface area contributed by atoms with Crippen LogP contribution in [-0.4, -0.2) is 26.0 Å². The van der Waals surface area contributed by atoms with Gasteiger partial charge in [-0.3, -0.25) is 4.68 Å². The highest BCUT2D eigenvalue weighted by molar-refractivity contribution is 5.35. The Balaban J connectivity index is 1.95. The number of halogens is 2. The average molecular weight is 269 g/mol. The van der Waals surface area contributed by atoms with Crippen LogP contribution in [0.1, 0.15) is 25.5 Å². The molecule has 2 aromatic rings. The van der Waals surface area contributed by atoms with Crippen LogP contribution in [0.2, 0.25) is 0 Å². The summed E-state index contributed by atoms with van der Waals surface area (Å²) in [5.41, 5.74) is 0.858. The van der Waals surface area contributed by atoms with Gasteiger partial charge in [-0.2, -0.15) is 10.2 Å². The topological polar surface area (TPSA) is 47.7 Å². The minimum Gasteiger partial charge on any atom is -0.366 e. The van der Waals surface area contributed by atoms with Crippen molar-refractivity contribution in [3.63, 3.8) is 0 Å². The molecule has 0 bridgehead atoms. The van der Waals surface area contributed by atoms with Crippen LogP contribution in [0, 0.1) is 0 Å². The van der Waals surface area contributed by atoms with Gasteiger partial charge in [-0.25, -0.2) is 13.5 Å². The van der Waals surface area contributed by atoms with E-state index >= 15 is 0 Å². The van der Waals surface area contributed by atoms with Crippen LogP contribution in [0.5, 0.6) is 0 Å². The maximum absolute atomic E-state index is 12.2. The second kappa shape index (κ2) is 5.81. The summed E-state index contributed by atoms with van der Waals surface area (Å²) < 4.78 is 27.5. The Hall–Kier alpha value is -1.92. The van der Waals surface area contributed by atoms with E-state index in [0.717, 1.165) is 11.4 Å². The summed E-state index contributed by atoms with van der Waals surface area (Å²) in [7, 11) is 0. The Kier molecular flexibility index (Phi) is 4.13. The van der Waals surface area contributed by atoms with E-state index in [9.17, 15) is 8.78 Å². The fourth-order valence-electron chi connectivity index (χ4n) is 1.80. The Bertz CT molecular complexity index is 518. The van der Waals surface area contributed by atoms with Crippen LogP contribution in [0.3, 0.4) is 0 Å². The van der Waals surface area contributed by atoms with Gasteiger partial charge in [-0.15, -0.1) is 0 Å². The molecule has 0 radical (unpaired) electrons. The summed E-state index contributed by atoms with van der Waals surface area (Å²) in [4.78, 5) is 0. The normalized spacial score (nSPS) is 11.5. The fraction of sp³-hybridized carbons (Fsp3) is 0.500. The Morgan fingerprint density at radius 3 is 2.79 bits per heavy atom. The lowest BCUT2D eigenvalue weighted by Crippen LogP contribution is -2.09. The van der Waals surface area contributed by atoms with E-state index in [-0.39, 0.29) is 12.6 Å². The average Bonchev–Trinajstić information content (AvgIpc) is 2.93. The Morgan fingerprint density at radius 2 is 2.11 bits per heavy atom. The van der Waals surface area contributed by atoms with Crippen molar-refractivity contribution in [2.24, 2.45) is 0 Å². The lowest BCUT2D eigenvalue weighted by molar-refractivity contribution is 0.122. The van der Waals surface area contributed by atoms with Gasteiger partial charge in [0.25, 0.3) is 6.43 Å². The van der Waals surface area contributed by atoms with E-state index in [1.54, 1.807) is 18.6 Å². The highest BCUT2D eigenvalue weighted by atomic mass is 19.3. The molecule has 0 spiro atoms. The predicted octanol–water partition coefficient (Wildman–Crippen LogP) is 2.54. The zero-order valence-electron chi connectivity index (χ0n) is 10.9. The zero-order chi connectivity index (χ0) is 13.8. The van der Waals surface area contributed by atoms with Crippen LogP contribution in [0.25, 0.3) is 0 Å². The van der Waals surface area contributed by atoms with E-state index < -0.39 is 6.43 Å². The molecular formula is C12H17F2N5. The molecule has 7 heteroatoms. The second-order valence-corrected chi connectivity index (χ2v) is 4.57. The summed E-state index contributed by atoms with van der Waals surface area (Å²) in [5.74, 6) is 0.900. The van der Waals surface area contributed by atoms with Gasteiger partial charge in [0.1, 0.15) is 12.4 Å². The van der Waals surface area contributed by atoms with Crippen molar-refractivity contribution in [2.75, 3.05) is 5.32 Å². The number of hydrogen-bond acceptors (Lipinski definition) is 3. The first-order valence-electron chi connectivity index (χ1n) is 6.13. The molecule has 0 atom stereocenters. The van der Waals surface area contributed by atoms with Crippen molar-refractivity contribution in [3.05, 3.63) is 30.2 Å². The van der Waals surface area contributed by atoms with Crippen molar-refractivity contribution >= 4 is 5.82 Å². The van der Waals surface area contributed by atoms with Crippen molar-refractivity contribution in [3.8, 4) is 0 Å². The highest BCUT2D eigenvalue weighted by Gasteiger charge is 2.08. The summed E-state index contributed by atoms with van der Waals surface area (Å²) in [6, 6.07) is 2.14. The van der Waals surface area contributed by atoms with Crippen LogP contribution in [0.4, 0.5) is 14.6 Å². The van der Waals surface area contributed by atoms with E-state index in [4.69, 9.17) is 0 Å². The molecule has 104 valence electrons. The van der Waals surface area contributed by atoms with Gasteiger partial charge < -0.3 is 5.32 Å². The van der Waals surface area contributed by atoms with Crippen LogP contribution < -0.4 is 5.32 Å². The zero-order valence-corrected chi connectivity index (χ0v) is 10.9. The molecule has 0 aromatic carbocycles. The standard InChI is InChI=1S/C12H17F2N5/c1-9(2)19-12(3-4-16-19)15-5-10-6-17-18(7-10)8-11(13)14/h3-4,6-7,9,11,15H,5,8H2,1-2H3. The summed E-state index contributed by atoms with van der Waals surface area (Å²) >= 11 is 0. The molecule has 0 amide bonds. The van der Waals surface area contributed by atoms with E-state index in [0.29, 0.717) is 6.54 Å². The van der Waals surface area contributed by atoms with Crippen molar-refractivity contribution < 1.29 is 8.78 Å². The quantitative estimate of drug-likeness (QED) is 0.876. The van der Waals surface area contributed by atoms with Crippen LogP contribution in [-0.2, 0) is 13.1 Å². The summed E-state index contributed by atoms with van der Waals surface area (Å²) in [6.45, 7) is 4.24. The van der Waals surface area contributed by atoms with Gasteiger partial charge in [-0.1, -0.05) is 0 Å². The Morgan fingerprint density at radius 1 is 1.32 bits per heavy atom. The third-order valence-electron chi connectivity index (χ3n) is 2.64. The number of nitrogens with one attached hydrogen (secondary N) is 1. The number of rotatable bonds is 6. The fourth-order valence-corrected chi connectivity index (χ4v) is 1.80. The molecule has 2 heterocycles. The minimum atomic E-state index is -2.39. The maximum Gasteiger partial charge on any atom is 0.257 e. The second-order valence-electron chi connectivity index (χ2n) is 4.57. The van der Waals surface area contributed by atoms with Crippen LogP contribution >= 0.6 is 0 Å². The largest absolute Gasteiger partial charge is 0.366 e. The molecule has 0 aliphatic carbocycles. The third-order valence-corrected chi connectivity index (χ3v) is 2.64. The van der Waals surface area contributed by atoms with Gasteiger partial charge in [0.05, 0.1) is 12.4 Å². The maximum atomic E-state index is 12.2. The van der Waals surface area contributed by atoms with E-state index in [1.807, 2.05) is 24.6 Å². The molecule has 0 unspecified atom stereocenters. The molecule has 0 aliphatic rings. The molecule has 0 aliphatic heterocycles. The molecule has 0 fully saturated rings. The number of aromatic nitrogens is 4. The summed E-state index contributed by atoms with van der Waals surface area (Å²) in [5, 5.41) is 11.3. The minimum absolute atomic E-state index is 0.263. The first-order chi connectivity index (χ1) is 9.06. The first-order valence-corrected chi connectivity index (χ1v) is 6.13. The van der Waals surface area contributed by atoms with Gasteiger partial charge in [-0.05, 0) is 13.8 Å². The Labute approximate surface area is 110 Å².